The molecule has 2 aliphatic rings. The first-order chi connectivity index (χ1) is 31.2. The third-order valence-electron chi connectivity index (χ3n) is 11.4. The number of cyclic esters (lactones) is 1. The molecule has 0 aromatic heterocycles. The molecule has 0 radical (unpaired) electrons. The number of guanidine groups is 1. The molecule has 6 amide bonds. The van der Waals surface area contributed by atoms with Crippen molar-refractivity contribution < 1.29 is 58.0 Å². The van der Waals surface area contributed by atoms with Crippen LogP contribution in [-0.4, -0.2) is 149 Å². The quantitative estimate of drug-likeness (QED) is 0.0429. The first-order valence-corrected chi connectivity index (χ1v) is 21.6. The number of carbonyl (C=O) groups is 8. The van der Waals surface area contributed by atoms with Gasteiger partial charge in [0, 0.05) is 26.4 Å². The van der Waals surface area contributed by atoms with E-state index in [4.69, 9.17) is 26.7 Å². The molecule has 0 spiro atoms. The molecular weight excluding hydrogens is 861 g/mol. The Morgan fingerprint density at radius 3 is 2.14 bits per heavy atom. The Morgan fingerprint density at radius 2 is 1.53 bits per heavy atom. The van der Waals surface area contributed by atoms with E-state index in [1.807, 2.05) is 0 Å². The average Bonchev–Trinajstić information content (AvgIpc) is 3.27. The number of aliphatic hydroxyl groups excluding tert-OH is 1. The highest BCUT2D eigenvalue weighted by molar-refractivity contribution is 5.98. The summed E-state index contributed by atoms with van der Waals surface area (Å²) in [5.74, 6) is -8.27. The molecule has 2 aliphatic heterocycles. The van der Waals surface area contributed by atoms with Crippen molar-refractivity contribution in [1.29, 1.82) is 0 Å². The lowest BCUT2D eigenvalue weighted by atomic mass is 9.95. The number of fused-ring (bicyclic) bond motifs is 2. The SMILES string of the molecule is COc1ccc(CC2C(=O)NC(C(C)C)C(=O)OC(C)C(NC(=O)C(N)CC(=O)O)C(=O)NC(CCCN=C(N)N)C(=O)NC3CCC(O)N(C3=O)C(Cc3ccccc3)C(=O)N2C)cc1. The zero-order valence-corrected chi connectivity index (χ0v) is 37.7. The predicted octanol–water partition coefficient (Wildman–Crippen LogP) is -1.99. The number of carbonyl (C=O) groups excluding carboxylic acids is 7. The number of aliphatic carboxylic acids is 1. The molecule has 0 aliphatic carbocycles. The van der Waals surface area contributed by atoms with Crippen LogP contribution < -0.4 is 43.2 Å². The van der Waals surface area contributed by atoms with Crippen LogP contribution in [0.2, 0.25) is 0 Å². The zero-order valence-electron chi connectivity index (χ0n) is 37.7. The van der Waals surface area contributed by atoms with Gasteiger partial charge in [0.05, 0.1) is 19.6 Å². The van der Waals surface area contributed by atoms with Gasteiger partial charge in [0.2, 0.25) is 35.4 Å². The van der Waals surface area contributed by atoms with Crippen LogP contribution in [0, 0.1) is 5.92 Å². The maximum absolute atomic E-state index is 15.0. The van der Waals surface area contributed by atoms with E-state index >= 15 is 4.79 Å². The maximum Gasteiger partial charge on any atom is 0.329 e. The fraction of sp³-hybridized carbons (Fsp3) is 0.523. The topological polar surface area (TPSA) is 340 Å². The first-order valence-electron chi connectivity index (χ1n) is 21.6. The Balaban J connectivity index is 1.88. The Bertz CT molecular complexity index is 2080. The van der Waals surface area contributed by atoms with Crippen molar-refractivity contribution >= 4 is 53.3 Å². The van der Waals surface area contributed by atoms with Crippen molar-refractivity contribution in [2.75, 3.05) is 20.7 Å². The molecule has 22 nitrogen and oxygen atoms in total. The molecule has 22 heteroatoms. The molecule has 2 saturated heterocycles. The fourth-order valence-corrected chi connectivity index (χ4v) is 7.64. The highest BCUT2D eigenvalue weighted by Gasteiger charge is 2.45. The van der Waals surface area contributed by atoms with Gasteiger partial charge in [-0.25, -0.2) is 4.79 Å². The van der Waals surface area contributed by atoms with Crippen molar-refractivity contribution in [2.24, 2.45) is 28.1 Å². The predicted molar refractivity (Wildman–Crippen MR) is 238 cm³/mol. The minimum absolute atomic E-state index is 0.0150. The number of ether oxygens (including phenoxy) is 2. The number of esters is 1. The second-order valence-electron chi connectivity index (χ2n) is 16.7. The van der Waals surface area contributed by atoms with Gasteiger partial charge in [0.1, 0.15) is 54.3 Å². The lowest BCUT2D eigenvalue weighted by Crippen LogP contribution is -2.65. The van der Waals surface area contributed by atoms with Gasteiger partial charge in [0.15, 0.2) is 5.96 Å². The number of rotatable bonds is 14. The number of amides is 6. The van der Waals surface area contributed by atoms with Crippen molar-refractivity contribution in [3.63, 3.8) is 0 Å². The van der Waals surface area contributed by atoms with Crippen LogP contribution in [0.3, 0.4) is 0 Å². The van der Waals surface area contributed by atoms with E-state index in [2.05, 4.69) is 26.3 Å². The number of aliphatic imine (C=N–C) groups is 1. The molecule has 2 aromatic carbocycles. The highest BCUT2D eigenvalue weighted by Crippen LogP contribution is 2.25. The van der Waals surface area contributed by atoms with Crippen molar-refractivity contribution in [1.82, 2.24) is 31.1 Å². The van der Waals surface area contributed by atoms with E-state index in [9.17, 15) is 43.8 Å². The number of carboxylic acid groups (broad SMARTS) is 1. The van der Waals surface area contributed by atoms with E-state index < -0.39 is 114 Å². The summed E-state index contributed by atoms with van der Waals surface area (Å²) in [6, 6.07) is 4.98. The number of carboxylic acids is 1. The van der Waals surface area contributed by atoms with Crippen molar-refractivity contribution in [3.05, 3.63) is 65.7 Å². The third kappa shape index (κ3) is 14.1. The molecule has 9 atom stereocenters. The molecule has 12 N–H and O–H groups in total. The molecule has 9 unspecified atom stereocenters. The molecule has 4 rings (SSSR count). The van der Waals surface area contributed by atoms with Crippen LogP contribution in [0.5, 0.6) is 5.75 Å². The molecule has 360 valence electrons. The number of benzene rings is 2. The normalized spacial score (nSPS) is 25.2. The van der Waals surface area contributed by atoms with E-state index in [1.165, 1.54) is 21.1 Å². The number of methoxy groups -OCH3 is 1. The number of hydrogen-bond acceptors (Lipinski definition) is 13. The second kappa shape index (κ2) is 23.9. The molecule has 0 saturated carbocycles. The molecule has 2 bridgehead atoms. The Kier molecular flexibility index (Phi) is 18.8. The van der Waals surface area contributed by atoms with E-state index in [1.54, 1.807) is 68.4 Å². The summed E-state index contributed by atoms with van der Waals surface area (Å²) in [4.78, 5) is 117. The first kappa shape index (κ1) is 51.8. The van der Waals surface area contributed by atoms with E-state index in [-0.39, 0.29) is 51.0 Å². The van der Waals surface area contributed by atoms with Crippen molar-refractivity contribution in [2.45, 2.75) is 120 Å². The molecule has 2 heterocycles. The second-order valence-corrected chi connectivity index (χ2v) is 16.7. The van der Waals surface area contributed by atoms with Gasteiger partial charge in [-0.15, -0.1) is 0 Å². The summed E-state index contributed by atoms with van der Waals surface area (Å²) in [5.41, 5.74) is 18.0. The largest absolute Gasteiger partial charge is 0.497 e. The molecular formula is C44H62N10O12. The monoisotopic (exact) mass is 922 g/mol. The Morgan fingerprint density at radius 1 is 0.894 bits per heavy atom. The van der Waals surface area contributed by atoms with E-state index in [0.717, 1.165) is 9.80 Å². The average molecular weight is 923 g/mol. The highest BCUT2D eigenvalue weighted by atomic mass is 16.5. The van der Waals surface area contributed by atoms with Crippen LogP contribution >= 0.6 is 0 Å². The lowest BCUT2D eigenvalue weighted by molar-refractivity contribution is -0.165. The standard InChI is InChI=1S/C44H62N10O12/c1-23(2)35-43(64)66-24(3)36(52-37(58)28(45)22-34(56)57)40(61)49-29(12-9-19-48-44(46)47)38(59)50-30-17-18-33(55)54(41(30)62)32(21-25-10-7-6-8-11-25)42(63)53(4)31(39(60)51-35)20-26-13-15-27(65-5)16-14-26/h6-8,10-11,13-16,23-24,28-33,35-36,55H,9,12,17-22,45H2,1-5H3,(H,49,61)(H,50,59)(H,51,60)(H,52,58)(H,56,57)(H4,46,47,48). The molecule has 2 aromatic rings. The summed E-state index contributed by atoms with van der Waals surface area (Å²) in [6.45, 7) is 4.49. The number of piperidine rings is 1. The Labute approximate surface area is 382 Å². The number of likely N-dealkylation sites (N-methyl/N-ethyl adjacent to an activating group) is 1. The van der Waals surface area contributed by atoms with Crippen LogP contribution in [-0.2, 0) is 55.9 Å². The van der Waals surface area contributed by atoms with Gasteiger partial charge in [-0.05, 0) is 61.8 Å². The number of nitrogens with one attached hydrogen (secondary N) is 4. The fourth-order valence-electron chi connectivity index (χ4n) is 7.64. The minimum atomic E-state index is -1.80. The van der Waals surface area contributed by atoms with Gasteiger partial charge in [-0.3, -0.25) is 38.6 Å². The maximum atomic E-state index is 15.0. The summed E-state index contributed by atoms with van der Waals surface area (Å²) in [5, 5.41) is 31.1. The Hall–Kier alpha value is -6.81. The molecule has 2 fully saturated rings. The lowest BCUT2D eigenvalue weighted by Gasteiger charge is -2.43. The van der Waals surface area contributed by atoms with Crippen LogP contribution in [0.4, 0.5) is 0 Å². The molecule has 66 heavy (non-hydrogen) atoms. The van der Waals surface area contributed by atoms with Gasteiger partial charge in [-0.2, -0.15) is 0 Å². The summed E-state index contributed by atoms with van der Waals surface area (Å²) >= 11 is 0. The zero-order chi connectivity index (χ0) is 48.8. The summed E-state index contributed by atoms with van der Waals surface area (Å²) in [7, 11) is 2.86. The summed E-state index contributed by atoms with van der Waals surface area (Å²) < 4.78 is 11.1. The third-order valence-corrected chi connectivity index (χ3v) is 11.4. The number of nitrogens with zero attached hydrogens (tertiary/aromatic N) is 3. The number of aliphatic hydroxyl groups is 1. The van der Waals surface area contributed by atoms with Crippen LogP contribution in [0.25, 0.3) is 0 Å². The van der Waals surface area contributed by atoms with Gasteiger partial charge < -0.3 is 68.0 Å². The minimum Gasteiger partial charge on any atom is -0.497 e. The smallest absolute Gasteiger partial charge is 0.329 e. The summed E-state index contributed by atoms with van der Waals surface area (Å²) in [6.07, 6.45) is -4.28. The van der Waals surface area contributed by atoms with E-state index in [0.29, 0.717) is 16.9 Å². The van der Waals surface area contributed by atoms with Gasteiger partial charge in [-0.1, -0.05) is 56.3 Å². The number of hydrogen-bond donors (Lipinski definition) is 9. The number of nitrogens with two attached hydrogens (primary N) is 3. The van der Waals surface area contributed by atoms with Crippen LogP contribution in [0.15, 0.2) is 59.6 Å². The van der Waals surface area contributed by atoms with Gasteiger partial charge in [0.25, 0.3) is 0 Å². The van der Waals surface area contributed by atoms with Crippen molar-refractivity contribution in [3.8, 4) is 5.75 Å². The van der Waals surface area contributed by atoms with Gasteiger partial charge >= 0.3 is 11.9 Å². The van der Waals surface area contributed by atoms with Crippen LogP contribution in [0.1, 0.15) is 64.0 Å².